The highest BCUT2D eigenvalue weighted by Gasteiger charge is 2.31. The Labute approximate surface area is 138 Å². The van der Waals surface area contributed by atoms with Crippen LogP contribution in [-0.2, 0) is 16.0 Å². The van der Waals surface area contributed by atoms with E-state index in [1.807, 2.05) is 6.92 Å². The first-order valence-corrected chi connectivity index (χ1v) is 8.09. The third kappa shape index (κ3) is 3.94. The summed E-state index contributed by atoms with van der Waals surface area (Å²) in [6.45, 7) is 5.60. The topological polar surface area (TPSA) is 55.8 Å². The number of rotatable bonds is 6. The number of allylic oxidation sites excluding steroid dienone is 2. The summed E-state index contributed by atoms with van der Waals surface area (Å²) >= 11 is 0. The standard InChI is InChI=1S/C19H26O4/c1-12-5-6-15(10-18(12)22-4)9-13(2)16-7-8-17(21)14(3)19(16)23-11-20/h5-6,10,13,16,20H,7-9,11H2,1-4H3. The van der Waals surface area contributed by atoms with Crippen LogP contribution in [0.1, 0.15) is 37.8 Å². The van der Waals surface area contributed by atoms with E-state index < -0.39 is 0 Å². The van der Waals surface area contributed by atoms with Gasteiger partial charge in [-0.25, -0.2) is 0 Å². The predicted molar refractivity (Wildman–Crippen MR) is 89.2 cm³/mol. The summed E-state index contributed by atoms with van der Waals surface area (Å²) in [5.74, 6) is 2.15. The Hall–Kier alpha value is -1.81. The van der Waals surface area contributed by atoms with Gasteiger partial charge in [-0.1, -0.05) is 19.1 Å². The zero-order valence-corrected chi connectivity index (χ0v) is 14.4. The van der Waals surface area contributed by atoms with Crippen LogP contribution in [0.5, 0.6) is 5.75 Å². The first-order valence-electron chi connectivity index (χ1n) is 8.09. The Balaban J connectivity index is 2.19. The van der Waals surface area contributed by atoms with Crippen LogP contribution in [0.25, 0.3) is 0 Å². The molecule has 0 fully saturated rings. The maximum Gasteiger partial charge on any atom is 0.185 e. The molecule has 4 heteroatoms. The van der Waals surface area contributed by atoms with Crippen LogP contribution >= 0.6 is 0 Å². The van der Waals surface area contributed by atoms with Gasteiger partial charge in [0.25, 0.3) is 0 Å². The Morgan fingerprint density at radius 1 is 1.35 bits per heavy atom. The van der Waals surface area contributed by atoms with Gasteiger partial charge >= 0.3 is 0 Å². The maximum absolute atomic E-state index is 11.9. The zero-order chi connectivity index (χ0) is 17.0. The molecule has 2 unspecified atom stereocenters. The van der Waals surface area contributed by atoms with Gasteiger partial charge in [0.05, 0.1) is 7.11 Å². The zero-order valence-electron chi connectivity index (χ0n) is 14.4. The van der Waals surface area contributed by atoms with Crippen molar-refractivity contribution in [2.24, 2.45) is 11.8 Å². The van der Waals surface area contributed by atoms with Gasteiger partial charge in [0.1, 0.15) is 11.5 Å². The number of ether oxygens (including phenoxy) is 2. The maximum atomic E-state index is 11.9. The molecule has 1 aromatic rings. The molecule has 0 saturated carbocycles. The SMILES string of the molecule is COc1cc(CC(C)C2CCC(=O)C(C)=C2OCO)ccc1C. The van der Waals surface area contributed by atoms with E-state index in [0.717, 1.165) is 24.2 Å². The van der Waals surface area contributed by atoms with E-state index in [2.05, 4.69) is 25.1 Å². The van der Waals surface area contributed by atoms with Crippen LogP contribution in [0.3, 0.4) is 0 Å². The fourth-order valence-electron chi connectivity index (χ4n) is 3.35. The van der Waals surface area contributed by atoms with E-state index in [9.17, 15) is 4.79 Å². The molecule has 126 valence electrons. The summed E-state index contributed by atoms with van der Waals surface area (Å²) in [6, 6.07) is 6.26. The average molecular weight is 318 g/mol. The smallest absolute Gasteiger partial charge is 0.185 e. The molecule has 2 rings (SSSR count). The molecule has 0 aliphatic heterocycles. The molecular weight excluding hydrogens is 292 g/mol. The average Bonchev–Trinajstić information content (AvgIpc) is 2.53. The van der Waals surface area contributed by atoms with Crippen molar-refractivity contribution in [3.63, 3.8) is 0 Å². The summed E-state index contributed by atoms with van der Waals surface area (Å²) in [5, 5.41) is 9.13. The van der Waals surface area contributed by atoms with Crippen molar-refractivity contribution in [1.82, 2.24) is 0 Å². The van der Waals surface area contributed by atoms with Crippen LogP contribution in [0.2, 0.25) is 0 Å². The van der Waals surface area contributed by atoms with Crippen molar-refractivity contribution < 1.29 is 19.4 Å². The van der Waals surface area contributed by atoms with E-state index in [1.54, 1.807) is 14.0 Å². The molecule has 0 radical (unpaired) electrons. The summed E-state index contributed by atoms with van der Waals surface area (Å²) < 4.78 is 10.8. The molecule has 1 aromatic carbocycles. The molecule has 0 aromatic heterocycles. The van der Waals surface area contributed by atoms with Gasteiger partial charge in [-0.15, -0.1) is 0 Å². The third-order valence-electron chi connectivity index (χ3n) is 4.74. The van der Waals surface area contributed by atoms with Crippen molar-refractivity contribution in [1.29, 1.82) is 0 Å². The summed E-state index contributed by atoms with van der Waals surface area (Å²) in [4.78, 5) is 11.9. The number of Topliss-reactive ketones (excluding diaryl/α,β-unsaturated/α-hetero) is 1. The highest BCUT2D eigenvalue weighted by atomic mass is 16.6. The molecule has 0 amide bonds. The number of benzene rings is 1. The van der Waals surface area contributed by atoms with Crippen molar-refractivity contribution >= 4 is 5.78 Å². The first kappa shape index (κ1) is 17.5. The minimum atomic E-state index is -0.387. The molecular formula is C19H26O4. The molecule has 2 atom stereocenters. The quantitative estimate of drug-likeness (QED) is 0.817. The molecule has 1 N–H and O–H groups in total. The summed E-state index contributed by atoms with van der Waals surface area (Å²) in [7, 11) is 1.68. The number of hydrogen-bond donors (Lipinski definition) is 1. The van der Waals surface area contributed by atoms with Crippen molar-refractivity contribution in [3.05, 3.63) is 40.7 Å². The molecule has 0 saturated heterocycles. The number of ketones is 1. The lowest BCUT2D eigenvalue weighted by Gasteiger charge is -2.30. The van der Waals surface area contributed by atoms with Gasteiger partial charge in [0.15, 0.2) is 12.6 Å². The minimum absolute atomic E-state index is 0.119. The van der Waals surface area contributed by atoms with Gasteiger partial charge in [0.2, 0.25) is 0 Å². The highest BCUT2D eigenvalue weighted by molar-refractivity contribution is 5.96. The number of carbonyl (C=O) groups is 1. The Bertz CT molecular complexity index is 603. The molecule has 4 nitrogen and oxygen atoms in total. The van der Waals surface area contributed by atoms with Crippen LogP contribution in [0, 0.1) is 18.8 Å². The van der Waals surface area contributed by atoms with Gasteiger partial charge < -0.3 is 14.6 Å². The fraction of sp³-hybridized carbons (Fsp3) is 0.526. The Morgan fingerprint density at radius 3 is 2.74 bits per heavy atom. The Kier molecular flexibility index (Phi) is 5.83. The predicted octanol–water partition coefficient (Wildman–Crippen LogP) is 3.40. The van der Waals surface area contributed by atoms with Crippen molar-refractivity contribution in [2.75, 3.05) is 13.9 Å². The number of hydrogen-bond acceptors (Lipinski definition) is 4. The molecule has 0 heterocycles. The van der Waals surface area contributed by atoms with Crippen LogP contribution < -0.4 is 4.74 Å². The molecule has 23 heavy (non-hydrogen) atoms. The van der Waals surface area contributed by atoms with Crippen LogP contribution in [-0.4, -0.2) is 24.8 Å². The lowest BCUT2D eigenvalue weighted by Crippen LogP contribution is -2.26. The van der Waals surface area contributed by atoms with Gasteiger partial charge in [-0.3, -0.25) is 4.79 Å². The normalized spacial score (nSPS) is 19.7. The summed E-state index contributed by atoms with van der Waals surface area (Å²) in [6.07, 6.45) is 2.20. The van der Waals surface area contributed by atoms with E-state index in [1.165, 1.54) is 5.56 Å². The fourth-order valence-corrected chi connectivity index (χ4v) is 3.35. The van der Waals surface area contributed by atoms with E-state index in [4.69, 9.17) is 14.6 Å². The monoisotopic (exact) mass is 318 g/mol. The summed E-state index contributed by atoms with van der Waals surface area (Å²) in [5.41, 5.74) is 2.98. The molecule has 0 spiro atoms. The largest absolute Gasteiger partial charge is 0.496 e. The second kappa shape index (κ2) is 7.64. The Morgan fingerprint density at radius 2 is 2.09 bits per heavy atom. The lowest BCUT2D eigenvalue weighted by atomic mass is 9.78. The van der Waals surface area contributed by atoms with Crippen LogP contribution in [0.4, 0.5) is 0 Å². The second-order valence-electron chi connectivity index (χ2n) is 6.32. The van der Waals surface area contributed by atoms with Crippen molar-refractivity contribution in [2.45, 2.75) is 40.0 Å². The highest BCUT2D eigenvalue weighted by Crippen LogP contribution is 2.36. The lowest BCUT2D eigenvalue weighted by molar-refractivity contribution is -0.117. The van der Waals surface area contributed by atoms with E-state index in [0.29, 0.717) is 23.7 Å². The number of aliphatic hydroxyl groups excluding tert-OH is 1. The van der Waals surface area contributed by atoms with Gasteiger partial charge in [-0.05, 0) is 49.8 Å². The van der Waals surface area contributed by atoms with Gasteiger partial charge in [-0.2, -0.15) is 0 Å². The minimum Gasteiger partial charge on any atom is -0.496 e. The van der Waals surface area contributed by atoms with E-state index in [-0.39, 0.29) is 18.5 Å². The third-order valence-corrected chi connectivity index (χ3v) is 4.74. The first-order chi connectivity index (χ1) is 11.0. The number of aliphatic hydroxyl groups is 1. The van der Waals surface area contributed by atoms with Crippen LogP contribution in [0.15, 0.2) is 29.5 Å². The number of methoxy groups -OCH3 is 1. The molecule has 1 aliphatic rings. The van der Waals surface area contributed by atoms with Crippen molar-refractivity contribution in [3.8, 4) is 5.75 Å². The number of aryl methyl sites for hydroxylation is 1. The second-order valence-corrected chi connectivity index (χ2v) is 6.32. The molecule has 1 aliphatic carbocycles. The number of carbonyl (C=O) groups excluding carboxylic acids is 1. The van der Waals surface area contributed by atoms with E-state index >= 15 is 0 Å². The van der Waals surface area contributed by atoms with Gasteiger partial charge in [0, 0.05) is 17.9 Å². The molecule has 0 bridgehead atoms.